The number of hydrogen-bond acceptors (Lipinski definition) is 3. The van der Waals surface area contributed by atoms with Crippen molar-refractivity contribution in [3.63, 3.8) is 0 Å². The lowest BCUT2D eigenvalue weighted by atomic mass is 10.4. The van der Waals surface area contributed by atoms with Crippen LogP contribution in [0.2, 0.25) is 0 Å². The maximum absolute atomic E-state index is 10.1. The van der Waals surface area contributed by atoms with Gasteiger partial charge in [0.05, 0.1) is 6.61 Å². The molecule has 0 bridgehead atoms. The molecule has 0 unspecified atom stereocenters. The minimum absolute atomic E-state index is 0.522. The molecule has 0 aromatic carbocycles. The van der Waals surface area contributed by atoms with Gasteiger partial charge in [-0.05, 0) is 12.1 Å². The van der Waals surface area contributed by atoms with Gasteiger partial charge < -0.3 is 9.53 Å². The monoisotopic (exact) mass is 170 g/mol. The van der Waals surface area contributed by atoms with Gasteiger partial charge in [-0.2, -0.15) is 0 Å². The molecule has 1 aromatic rings. The Balaban J connectivity index is 2.57. The van der Waals surface area contributed by atoms with Gasteiger partial charge in [-0.25, -0.2) is 0 Å². The van der Waals surface area contributed by atoms with Gasteiger partial charge in [-0.3, -0.25) is 0 Å². The van der Waals surface area contributed by atoms with Crippen LogP contribution in [0, 0.1) is 0 Å². The Labute approximate surface area is 69.8 Å². The van der Waals surface area contributed by atoms with Gasteiger partial charge in [0.2, 0.25) is 0 Å². The highest BCUT2D eigenvalue weighted by molar-refractivity contribution is 7.12. The largest absolute Gasteiger partial charge is 0.379 e. The second-order valence-corrected chi connectivity index (χ2v) is 3.42. The van der Waals surface area contributed by atoms with Crippen LogP contribution in [0.5, 0.6) is 0 Å². The molecule has 0 spiro atoms. The number of methoxy groups -OCH3 is 1. The first kappa shape index (κ1) is 8.43. The number of rotatable bonds is 4. The average Bonchev–Trinajstić information content (AvgIpc) is 2.38. The van der Waals surface area contributed by atoms with Gasteiger partial charge >= 0.3 is 0 Å². The molecule has 2 nitrogen and oxygen atoms in total. The molecule has 1 aromatic heterocycles. The first-order chi connectivity index (χ1) is 5.36. The van der Waals surface area contributed by atoms with E-state index in [2.05, 4.69) is 0 Å². The third-order valence-electron chi connectivity index (χ3n) is 1.29. The van der Waals surface area contributed by atoms with Crippen molar-refractivity contribution in [3.8, 4) is 0 Å². The average molecular weight is 170 g/mol. The summed E-state index contributed by atoms with van der Waals surface area (Å²) in [6.07, 6.45) is 1.44. The topological polar surface area (TPSA) is 26.3 Å². The molecular formula is C8H10O2S. The van der Waals surface area contributed by atoms with Crippen molar-refractivity contribution in [3.05, 3.63) is 21.9 Å². The minimum atomic E-state index is 0.522. The lowest BCUT2D eigenvalue weighted by molar-refractivity contribution is -0.107. The normalized spacial score (nSPS) is 9.91. The van der Waals surface area contributed by atoms with Crippen molar-refractivity contribution >= 4 is 17.6 Å². The molecule has 60 valence electrons. The van der Waals surface area contributed by atoms with E-state index in [0.717, 1.165) is 11.2 Å². The number of thiophene rings is 1. The second kappa shape index (κ2) is 4.26. The number of hydrogen-bond donors (Lipinski definition) is 0. The van der Waals surface area contributed by atoms with E-state index in [1.165, 1.54) is 4.88 Å². The van der Waals surface area contributed by atoms with Crippen molar-refractivity contribution in [1.29, 1.82) is 0 Å². The van der Waals surface area contributed by atoms with Gasteiger partial charge in [0.25, 0.3) is 0 Å². The maximum atomic E-state index is 10.1. The molecule has 0 radical (unpaired) electrons. The first-order valence-corrected chi connectivity index (χ1v) is 4.18. The van der Waals surface area contributed by atoms with E-state index in [1.807, 2.05) is 12.1 Å². The molecule has 0 fully saturated rings. The standard InChI is InChI=1S/C8H10O2S/c1-10-6-8-3-2-7(11-8)4-5-9/h2-3,5H,4,6H2,1H3. The molecule has 0 aliphatic carbocycles. The first-order valence-electron chi connectivity index (χ1n) is 3.37. The SMILES string of the molecule is COCc1ccc(CC=O)s1. The van der Waals surface area contributed by atoms with Gasteiger partial charge in [-0.1, -0.05) is 0 Å². The molecule has 0 N–H and O–H groups in total. The van der Waals surface area contributed by atoms with Crippen LogP contribution in [0.15, 0.2) is 12.1 Å². The smallest absolute Gasteiger partial charge is 0.125 e. The third kappa shape index (κ3) is 2.44. The number of carbonyl (C=O) groups excluding carboxylic acids is 1. The lowest BCUT2D eigenvalue weighted by Crippen LogP contribution is -1.80. The maximum Gasteiger partial charge on any atom is 0.125 e. The van der Waals surface area contributed by atoms with E-state index < -0.39 is 0 Å². The van der Waals surface area contributed by atoms with E-state index in [0.29, 0.717) is 13.0 Å². The number of aldehydes is 1. The molecule has 1 heterocycles. The fourth-order valence-corrected chi connectivity index (χ4v) is 1.77. The zero-order chi connectivity index (χ0) is 8.10. The van der Waals surface area contributed by atoms with E-state index in [4.69, 9.17) is 4.74 Å². The molecule has 0 saturated carbocycles. The summed E-state index contributed by atoms with van der Waals surface area (Å²) < 4.78 is 4.94. The molecule has 0 saturated heterocycles. The van der Waals surface area contributed by atoms with Crippen LogP contribution in [0.1, 0.15) is 9.75 Å². The zero-order valence-corrected chi connectivity index (χ0v) is 7.19. The van der Waals surface area contributed by atoms with Crippen molar-refractivity contribution in [1.82, 2.24) is 0 Å². The minimum Gasteiger partial charge on any atom is -0.379 e. The second-order valence-electron chi connectivity index (χ2n) is 2.17. The van der Waals surface area contributed by atoms with Crippen LogP contribution >= 0.6 is 11.3 Å². The molecule has 11 heavy (non-hydrogen) atoms. The molecule has 1 rings (SSSR count). The van der Waals surface area contributed by atoms with Crippen LogP contribution in [0.25, 0.3) is 0 Å². The Morgan fingerprint density at radius 2 is 2.27 bits per heavy atom. The van der Waals surface area contributed by atoms with Crippen molar-refractivity contribution < 1.29 is 9.53 Å². The Morgan fingerprint density at radius 3 is 2.91 bits per heavy atom. The van der Waals surface area contributed by atoms with E-state index in [9.17, 15) is 4.79 Å². The van der Waals surface area contributed by atoms with Crippen LogP contribution in [0.3, 0.4) is 0 Å². The van der Waals surface area contributed by atoms with Crippen molar-refractivity contribution in [2.45, 2.75) is 13.0 Å². The fourth-order valence-electron chi connectivity index (χ4n) is 0.834. The molecule has 3 heteroatoms. The van der Waals surface area contributed by atoms with Crippen LogP contribution in [0.4, 0.5) is 0 Å². The summed E-state index contributed by atoms with van der Waals surface area (Å²) in [5, 5.41) is 0. The zero-order valence-electron chi connectivity index (χ0n) is 6.37. The quantitative estimate of drug-likeness (QED) is 0.642. The van der Waals surface area contributed by atoms with Crippen molar-refractivity contribution in [2.24, 2.45) is 0 Å². The molecule has 0 atom stereocenters. The van der Waals surface area contributed by atoms with E-state index >= 15 is 0 Å². The Hall–Kier alpha value is -0.670. The van der Waals surface area contributed by atoms with E-state index in [1.54, 1.807) is 18.4 Å². The fraction of sp³-hybridized carbons (Fsp3) is 0.375. The van der Waals surface area contributed by atoms with Gasteiger partial charge in [0.15, 0.2) is 0 Å². The number of ether oxygens (including phenoxy) is 1. The van der Waals surface area contributed by atoms with E-state index in [-0.39, 0.29) is 0 Å². The molecule has 0 aliphatic heterocycles. The Kier molecular flexibility index (Phi) is 3.26. The highest BCUT2D eigenvalue weighted by atomic mass is 32.1. The lowest BCUT2D eigenvalue weighted by Gasteiger charge is -1.90. The molecular weight excluding hydrogens is 160 g/mol. The molecule has 0 aliphatic rings. The Morgan fingerprint density at radius 1 is 1.55 bits per heavy atom. The summed E-state index contributed by atoms with van der Waals surface area (Å²) in [6.45, 7) is 0.642. The highest BCUT2D eigenvalue weighted by Gasteiger charge is 1.97. The predicted octanol–water partition coefficient (Wildman–Crippen LogP) is 1.64. The van der Waals surface area contributed by atoms with Crippen LogP contribution in [-0.2, 0) is 22.6 Å². The van der Waals surface area contributed by atoms with Crippen LogP contribution < -0.4 is 0 Å². The van der Waals surface area contributed by atoms with Gasteiger partial charge in [-0.15, -0.1) is 11.3 Å². The summed E-state index contributed by atoms with van der Waals surface area (Å²) >= 11 is 1.63. The van der Waals surface area contributed by atoms with Gasteiger partial charge in [0, 0.05) is 23.3 Å². The molecule has 0 amide bonds. The third-order valence-corrected chi connectivity index (χ3v) is 2.37. The van der Waals surface area contributed by atoms with Crippen molar-refractivity contribution in [2.75, 3.05) is 7.11 Å². The van der Waals surface area contributed by atoms with Gasteiger partial charge in [0.1, 0.15) is 6.29 Å². The summed E-state index contributed by atoms with van der Waals surface area (Å²) in [5.41, 5.74) is 0. The summed E-state index contributed by atoms with van der Waals surface area (Å²) in [5.74, 6) is 0. The predicted molar refractivity (Wildman–Crippen MR) is 44.8 cm³/mol. The summed E-state index contributed by atoms with van der Waals surface area (Å²) in [6, 6.07) is 3.96. The highest BCUT2D eigenvalue weighted by Crippen LogP contribution is 2.16. The number of carbonyl (C=O) groups is 1. The van der Waals surface area contributed by atoms with Crippen LogP contribution in [-0.4, -0.2) is 13.4 Å². The summed E-state index contributed by atoms with van der Waals surface area (Å²) in [4.78, 5) is 12.4. The Bertz CT molecular complexity index is 230. The summed E-state index contributed by atoms with van der Waals surface area (Å²) in [7, 11) is 1.67.